The number of carbonyl (C=O) groups is 3. The number of nitrogens with zero attached hydrogens (tertiary/aromatic N) is 3. The number of rotatable bonds is 11. The zero-order valence-electron chi connectivity index (χ0n) is 21.9. The molecule has 39 heavy (non-hydrogen) atoms. The van der Waals surface area contributed by atoms with E-state index < -0.39 is 35.8 Å². The third-order valence-corrected chi connectivity index (χ3v) is 6.06. The molecule has 10 nitrogen and oxygen atoms in total. The lowest BCUT2D eigenvalue weighted by Crippen LogP contribution is -2.46. The Morgan fingerprint density at radius 2 is 1.85 bits per heavy atom. The summed E-state index contributed by atoms with van der Waals surface area (Å²) >= 11 is 0. The number of esters is 1. The van der Waals surface area contributed by atoms with Crippen LogP contribution in [-0.4, -0.2) is 59.6 Å². The number of halogens is 2. The Morgan fingerprint density at radius 1 is 1.10 bits per heavy atom. The maximum Gasteiger partial charge on any atom is 0.412 e. The van der Waals surface area contributed by atoms with Crippen LogP contribution in [0.2, 0.25) is 0 Å². The van der Waals surface area contributed by atoms with Crippen LogP contribution in [0.15, 0.2) is 54.6 Å². The van der Waals surface area contributed by atoms with Crippen molar-refractivity contribution in [2.75, 3.05) is 26.1 Å². The maximum atomic E-state index is 13.9. The van der Waals surface area contributed by atoms with Crippen molar-refractivity contribution < 1.29 is 32.6 Å². The number of anilines is 1. The molecular formula is C27H31F2N5O5. The summed E-state index contributed by atoms with van der Waals surface area (Å²) in [6.07, 6.45) is 0.00208. The highest BCUT2D eigenvalue weighted by Crippen LogP contribution is 2.21. The first-order valence-corrected chi connectivity index (χ1v) is 12.2. The number of amides is 3. The summed E-state index contributed by atoms with van der Waals surface area (Å²) in [6.45, 7) is -0.434. The number of benzene rings is 2. The van der Waals surface area contributed by atoms with Crippen molar-refractivity contribution in [3.63, 3.8) is 0 Å². The number of aryl methyl sites for hydroxylation is 1. The molecule has 3 amide bonds. The number of nitrogens with one attached hydrogen (secondary N) is 2. The summed E-state index contributed by atoms with van der Waals surface area (Å²) in [7, 11) is 4.50. The average molecular weight is 544 g/mol. The Morgan fingerprint density at radius 3 is 2.56 bits per heavy atom. The highest BCUT2D eigenvalue weighted by Gasteiger charge is 2.23. The third kappa shape index (κ3) is 8.25. The van der Waals surface area contributed by atoms with Crippen molar-refractivity contribution in [3.05, 3.63) is 71.8 Å². The van der Waals surface area contributed by atoms with Gasteiger partial charge in [0.1, 0.15) is 6.61 Å². The summed E-state index contributed by atoms with van der Waals surface area (Å²) in [6, 6.07) is 13.7. The van der Waals surface area contributed by atoms with E-state index in [1.807, 2.05) is 30.3 Å². The van der Waals surface area contributed by atoms with E-state index in [9.17, 15) is 23.2 Å². The Kier molecular flexibility index (Phi) is 10.4. The molecule has 3 rings (SSSR count). The van der Waals surface area contributed by atoms with Crippen LogP contribution in [-0.2, 0) is 27.9 Å². The van der Waals surface area contributed by atoms with Crippen LogP contribution in [0.25, 0.3) is 11.3 Å². The molecule has 3 aromatic rings. The molecule has 0 radical (unpaired) electrons. The lowest BCUT2D eigenvalue weighted by atomic mass is 10.1. The van der Waals surface area contributed by atoms with Crippen molar-refractivity contribution >= 4 is 23.9 Å². The number of methoxy groups -OCH3 is 1. The molecule has 0 saturated heterocycles. The fraction of sp³-hybridized carbons (Fsp3) is 0.333. The van der Waals surface area contributed by atoms with E-state index >= 15 is 0 Å². The van der Waals surface area contributed by atoms with Gasteiger partial charge >= 0.3 is 18.1 Å². The van der Waals surface area contributed by atoms with Crippen LogP contribution in [0.5, 0.6) is 0 Å². The van der Waals surface area contributed by atoms with E-state index in [1.165, 1.54) is 31.2 Å². The third-order valence-electron chi connectivity index (χ3n) is 6.06. The van der Waals surface area contributed by atoms with Gasteiger partial charge in [-0.15, -0.1) is 0 Å². The van der Waals surface area contributed by atoms with Crippen molar-refractivity contribution in [3.8, 4) is 11.3 Å². The zero-order chi connectivity index (χ0) is 28.4. The van der Waals surface area contributed by atoms with Crippen LogP contribution in [0, 0.1) is 11.6 Å². The van der Waals surface area contributed by atoms with Crippen LogP contribution in [0.1, 0.15) is 24.8 Å². The van der Waals surface area contributed by atoms with E-state index in [0.717, 1.165) is 17.3 Å². The summed E-state index contributed by atoms with van der Waals surface area (Å²) in [4.78, 5) is 38.1. The van der Waals surface area contributed by atoms with Crippen LogP contribution in [0.4, 0.5) is 24.2 Å². The normalized spacial score (nSPS) is 11.4. The standard InChI is InChI=1S/C27H31F2N5O5/c1-33(26(36)30-16-19-11-7-13-21(28)25(19)29)20(12-8-14-24(35)38-3)17-39-27(37)31-23-15-22(34(2)32-23)18-9-5-4-6-10-18/h4-7,9-11,13,15,20H,8,12,14,16-17H2,1-3H3,(H,30,36)(H,31,32,37)/t20-/m0/s1. The second-order valence-corrected chi connectivity index (χ2v) is 8.73. The van der Waals surface area contributed by atoms with Gasteiger partial charge in [-0.25, -0.2) is 18.4 Å². The Hall–Kier alpha value is -4.48. The fourth-order valence-corrected chi connectivity index (χ4v) is 3.84. The number of carbonyl (C=O) groups excluding carboxylic acids is 3. The number of likely N-dealkylation sites (N-methyl/N-ethyl adjacent to an activating group) is 1. The SMILES string of the molecule is COC(=O)CCC[C@@H](COC(=O)Nc1cc(-c2ccccc2)n(C)n1)N(C)C(=O)NCc1cccc(F)c1F. The fourth-order valence-electron chi connectivity index (χ4n) is 3.84. The molecule has 0 spiro atoms. The topological polar surface area (TPSA) is 115 Å². The Labute approximate surface area is 224 Å². The predicted molar refractivity (Wildman–Crippen MR) is 140 cm³/mol. The van der Waals surface area contributed by atoms with E-state index in [0.29, 0.717) is 12.8 Å². The van der Waals surface area contributed by atoms with E-state index in [2.05, 4.69) is 20.5 Å². The number of ether oxygens (including phenoxy) is 2. The van der Waals surface area contributed by atoms with Crippen molar-refractivity contribution in [1.29, 1.82) is 0 Å². The van der Waals surface area contributed by atoms with Gasteiger partial charge in [0.25, 0.3) is 0 Å². The van der Waals surface area contributed by atoms with Gasteiger partial charge < -0.3 is 19.7 Å². The van der Waals surface area contributed by atoms with Gasteiger partial charge in [0.2, 0.25) is 0 Å². The van der Waals surface area contributed by atoms with Crippen LogP contribution in [0.3, 0.4) is 0 Å². The molecule has 1 aromatic heterocycles. The first-order chi connectivity index (χ1) is 18.7. The molecule has 2 N–H and O–H groups in total. The zero-order valence-corrected chi connectivity index (χ0v) is 21.9. The molecule has 0 bridgehead atoms. The van der Waals surface area contributed by atoms with Crippen molar-refractivity contribution in [2.45, 2.75) is 31.8 Å². The minimum Gasteiger partial charge on any atom is -0.469 e. The minimum absolute atomic E-state index is 0.0140. The van der Waals surface area contributed by atoms with E-state index in [-0.39, 0.29) is 31.0 Å². The molecule has 2 aromatic carbocycles. The molecule has 0 unspecified atom stereocenters. The number of urea groups is 1. The van der Waals surface area contributed by atoms with Gasteiger partial charge in [-0.2, -0.15) is 5.10 Å². The highest BCUT2D eigenvalue weighted by atomic mass is 19.2. The highest BCUT2D eigenvalue weighted by molar-refractivity contribution is 5.84. The molecule has 208 valence electrons. The first-order valence-electron chi connectivity index (χ1n) is 12.2. The number of aromatic nitrogens is 2. The molecule has 0 fully saturated rings. The van der Waals surface area contributed by atoms with Gasteiger partial charge in [-0.1, -0.05) is 42.5 Å². The van der Waals surface area contributed by atoms with E-state index in [4.69, 9.17) is 4.74 Å². The molecule has 1 atom stereocenters. The number of hydrogen-bond donors (Lipinski definition) is 2. The quantitative estimate of drug-likeness (QED) is 0.345. The van der Waals surface area contributed by atoms with Crippen molar-refractivity contribution in [1.82, 2.24) is 20.0 Å². The van der Waals surface area contributed by atoms with Gasteiger partial charge in [0.15, 0.2) is 17.5 Å². The molecule has 1 heterocycles. The summed E-state index contributed by atoms with van der Waals surface area (Å²) in [5.41, 5.74) is 1.70. The summed E-state index contributed by atoms with van der Waals surface area (Å²) in [5.74, 6) is -2.18. The lowest BCUT2D eigenvalue weighted by Gasteiger charge is -2.28. The monoisotopic (exact) mass is 543 g/mol. The van der Waals surface area contributed by atoms with E-state index in [1.54, 1.807) is 17.8 Å². The van der Waals surface area contributed by atoms with Crippen LogP contribution >= 0.6 is 0 Å². The van der Waals surface area contributed by atoms with Gasteiger partial charge in [-0.05, 0) is 24.5 Å². The lowest BCUT2D eigenvalue weighted by molar-refractivity contribution is -0.140. The van der Waals surface area contributed by atoms with Crippen LogP contribution < -0.4 is 10.6 Å². The van der Waals surface area contributed by atoms with Gasteiger partial charge in [0.05, 0.1) is 18.8 Å². The number of hydrogen-bond acceptors (Lipinski definition) is 6. The second kappa shape index (κ2) is 13.9. The molecule has 0 aliphatic rings. The molecule has 0 saturated carbocycles. The second-order valence-electron chi connectivity index (χ2n) is 8.73. The van der Waals surface area contributed by atoms with Crippen molar-refractivity contribution in [2.24, 2.45) is 7.05 Å². The minimum atomic E-state index is -1.04. The molecule has 0 aliphatic carbocycles. The first kappa shape index (κ1) is 29.1. The Bertz CT molecular complexity index is 1280. The predicted octanol–water partition coefficient (Wildman–Crippen LogP) is 4.47. The molecule has 12 heteroatoms. The average Bonchev–Trinajstić information content (AvgIpc) is 3.30. The Balaban J connectivity index is 1.60. The largest absolute Gasteiger partial charge is 0.469 e. The smallest absolute Gasteiger partial charge is 0.412 e. The molecule has 0 aliphatic heterocycles. The van der Waals surface area contributed by atoms with Gasteiger partial charge in [0, 0.05) is 38.7 Å². The summed E-state index contributed by atoms with van der Waals surface area (Å²) in [5, 5.41) is 9.39. The van der Waals surface area contributed by atoms with Gasteiger partial charge in [-0.3, -0.25) is 14.8 Å². The maximum absolute atomic E-state index is 13.9. The summed E-state index contributed by atoms with van der Waals surface area (Å²) < 4.78 is 39.1. The molecular weight excluding hydrogens is 512 g/mol.